The van der Waals surface area contributed by atoms with Gasteiger partial charge in [-0.2, -0.15) is 0 Å². The van der Waals surface area contributed by atoms with Crippen LogP contribution in [0.2, 0.25) is 0 Å². The Hall–Kier alpha value is -0.269. The summed E-state index contributed by atoms with van der Waals surface area (Å²) in [6.07, 6.45) is 0. The molecular weight excluding hydrogens is 279 g/mol. The van der Waals surface area contributed by atoms with Gasteiger partial charge in [-0.3, -0.25) is 0 Å². The Labute approximate surface area is 152 Å². The zero-order chi connectivity index (χ0) is 13.0. The van der Waals surface area contributed by atoms with Crippen molar-refractivity contribution in [3.8, 4) is 5.75 Å². The van der Waals surface area contributed by atoms with Crippen molar-refractivity contribution in [2.45, 2.75) is 6.61 Å². The molecule has 0 spiro atoms. The third-order valence-electron chi connectivity index (χ3n) is 2.51. The molecule has 2 aromatic carbocycles. The molecule has 19 heavy (non-hydrogen) atoms. The molecular formula is C13H11BF3KO. The molecule has 94 valence electrons. The summed E-state index contributed by atoms with van der Waals surface area (Å²) >= 11 is 0. The van der Waals surface area contributed by atoms with Gasteiger partial charge in [0.15, 0.2) is 0 Å². The van der Waals surface area contributed by atoms with E-state index in [0.717, 1.165) is 11.6 Å². The predicted octanol–water partition coefficient (Wildman–Crippen LogP) is 0.324. The fourth-order valence-corrected chi connectivity index (χ4v) is 1.62. The van der Waals surface area contributed by atoms with Gasteiger partial charge in [0.25, 0.3) is 0 Å². The molecule has 0 atom stereocenters. The van der Waals surface area contributed by atoms with Crippen molar-refractivity contribution in [1.29, 1.82) is 0 Å². The van der Waals surface area contributed by atoms with Crippen molar-refractivity contribution in [2.24, 2.45) is 0 Å². The van der Waals surface area contributed by atoms with E-state index in [-0.39, 0.29) is 63.7 Å². The summed E-state index contributed by atoms with van der Waals surface area (Å²) in [5, 5.41) is 0. The van der Waals surface area contributed by atoms with Crippen LogP contribution in [0.3, 0.4) is 0 Å². The van der Waals surface area contributed by atoms with E-state index in [1.165, 1.54) is 18.2 Å². The predicted molar refractivity (Wildman–Crippen MR) is 65.9 cm³/mol. The number of hydrogen-bond donors (Lipinski definition) is 0. The van der Waals surface area contributed by atoms with Crippen molar-refractivity contribution in [3.05, 3.63) is 60.2 Å². The minimum atomic E-state index is -5.05. The molecule has 2 rings (SSSR count). The Morgan fingerprint density at radius 1 is 0.842 bits per heavy atom. The molecule has 0 unspecified atom stereocenters. The van der Waals surface area contributed by atoms with Gasteiger partial charge in [-0.1, -0.05) is 54.0 Å². The van der Waals surface area contributed by atoms with Crippen LogP contribution in [0.25, 0.3) is 0 Å². The van der Waals surface area contributed by atoms with Crippen LogP contribution in [-0.2, 0) is 6.61 Å². The van der Waals surface area contributed by atoms with Crippen LogP contribution < -0.4 is 61.6 Å². The Morgan fingerprint density at radius 2 is 1.42 bits per heavy atom. The number of hydrogen-bond acceptors (Lipinski definition) is 1. The SMILES string of the molecule is F[B-](F)(F)c1ccccc1OCc1ccccc1.[K+]. The molecule has 1 nitrogen and oxygen atoms in total. The molecule has 0 aliphatic carbocycles. The first-order valence-electron chi connectivity index (χ1n) is 5.53. The van der Waals surface area contributed by atoms with E-state index >= 15 is 0 Å². The molecule has 0 aliphatic heterocycles. The summed E-state index contributed by atoms with van der Waals surface area (Å²) in [7, 11) is 0. The van der Waals surface area contributed by atoms with E-state index in [1.807, 2.05) is 18.2 Å². The van der Waals surface area contributed by atoms with Gasteiger partial charge in [-0.25, -0.2) is 0 Å². The third-order valence-corrected chi connectivity index (χ3v) is 2.51. The van der Waals surface area contributed by atoms with Gasteiger partial charge < -0.3 is 17.7 Å². The van der Waals surface area contributed by atoms with Crippen LogP contribution in [0.1, 0.15) is 5.56 Å². The molecule has 0 fully saturated rings. The normalized spacial score (nSPS) is 10.7. The third kappa shape index (κ3) is 4.96. The first kappa shape index (κ1) is 16.8. The van der Waals surface area contributed by atoms with Crippen LogP contribution in [0.4, 0.5) is 12.9 Å². The van der Waals surface area contributed by atoms with Gasteiger partial charge in [0.05, 0.1) is 5.75 Å². The first-order valence-corrected chi connectivity index (χ1v) is 5.53. The molecule has 0 N–H and O–H groups in total. The zero-order valence-electron chi connectivity index (χ0n) is 10.5. The number of ether oxygens (including phenoxy) is 1. The average molecular weight is 290 g/mol. The van der Waals surface area contributed by atoms with Crippen LogP contribution in [0, 0.1) is 0 Å². The second-order valence-corrected chi connectivity index (χ2v) is 3.89. The number of benzene rings is 2. The van der Waals surface area contributed by atoms with Crippen molar-refractivity contribution in [1.82, 2.24) is 0 Å². The summed E-state index contributed by atoms with van der Waals surface area (Å²) in [5.74, 6) is -0.117. The van der Waals surface area contributed by atoms with Crippen LogP contribution in [-0.4, -0.2) is 6.98 Å². The maximum atomic E-state index is 12.8. The van der Waals surface area contributed by atoms with E-state index in [9.17, 15) is 12.9 Å². The Morgan fingerprint density at radius 3 is 2.05 bits per heavy atom. The molecule has 0 bridgehead atoms. The maximum Gasteiger partial charge on any atom is 1.00 e. The van der Waals surface area contributed by atoms with Gasteiger partial charge >= 0.3 is 58.4 Å². The van der Waals surface area contributed by atoms with Gasteiger partial charge in [-0.15, -0.1) is 0 Å². The molecule has 0 aromatic heterocycles. The molecule has 0 saturated heterocycles. The molecule has 0 aliphatic rings. The van der Waals surface area contributed by atoms with Crippen LogP contribution in [0.15, 0.2) is 54.6 Å². The average Bonchev–Trinajstić information content (AvgIpc) is 2.37. The minimum absolute atomic E-state index is 0. The van der Waals surface area contributed by atoms with E-state index in [2.05, 4.69) is 0 Å². The Balaban J connectivity index is 0.00000180. The first-order chi connectivity index (χ1) is 8.57. The molecule has 2 aromatic rings. The van der Waals surface area contributed by atoms with Crippen molar-refractivity contribution in [2.75, 3.05) is 0 Å². The fourth-order valence-electron chi connectivity index (χ4n) is 1.62. The van der Waals surface area contributed by atoms with Gasteiger partial charge in [-0.05, 0) is 11.6 Å². The summed E-state index contributed by atoms with van der Waals surface area (Å²) < 4.78 is 43.5. The Kier molecular flexibility index (Phi) is 6.62. The summed E-state index contributed by atoms with van der Waals surface area (Å²) in [5.41, 5.74) is 0.149. The number of halogens is 3. The van der Waals surface area contributed by atoms with Crippen LogP contribution >= 0.6 is 0 Å². The van der Waals surface area contributed by atoms with E-state index in [4.69, 9.17) is 4.74 Å². The maximum absolute atomic E-state index is 12.8. The van der Waals surface area contributed by atoms with Gasteiger partial charge in [0, 0.05) is 0 Å². The van der Waals surface area contributed by atoms with Crippen LogP contribution in [0.5, 0.6) is 5.75 Å². The van der Waals surface area contributed by atoms with Crippen molar-refractivity contribution < 1.29 is 69.1 Å². The van der Waals surface area contributed by atoms with Crippen molar-refractivity contribution in [3.63, 3.8) is 0 Å². The van der Waals surface area contributed by atoms with Crippen molar-refractivity contribution >= 4 is 12.4 Å². The summed E-state index contributed by atoms with van der Waals surface area (Å²) in [6, 6.07) is 14.4. The zero-order valence-corrected chi connectivity index (χ0v) is 13.6. The fraction of sp³-hybridized carbons (Fsp3) is 0.0769. The quantitative estimate of drug-likeness (QED) is 0.737. The molecule has 0 saturated carbocycles. The van der Waals surface area contributed by atoms with Gasteiger partial charge in [0.2, 0.25) is 0 Å². The monoisotopic (exact) mass is 290 g/mol. The molecule has 6 heteroatoms. The Bertz CT molecular complexity index is 517. The largest absolute Gasteiger partial charge is 1.00 e. The summed E-state index contributed by atoms with van der Waals surface area (Å²) in [4.78, 5) is 0. The van der Waals surface area contributed by atoms with E-state index < -0.39 is 12.4 Å². The number of rotatable bonds is 4. The molecule has 0 amide bonds. The standard InChI is InChI=1S/C13H11BF3O.K/c15-14(16,17)12-8-4-5-9-13(12)18-10-11-6-2-1-3-7-11;/h1-9H,10H2;/q-1;+1. The van der Waals surface area contributed by atoms with Gasteiger partial charge in [0.1, 0.15) is 6.61 Å². The molecule has 0 radical (unpaired) electrons. The second kappa shape index (κ2) is 7.50. The number of para-hydroxylation sites is 1. The van der Waals surface area contributed by atoms with E-state index in [0.29, 0.717) is 0 Å². The topological polar surface area (TPSA) is 9.23 Å². The summed E-state index contributed by atoms with van der Waals surface area (Å²) in [6.45, 7) is -4.92. The molecule has 0 heterocycles. The smallest absolute Gasteiger partial charge is 0.492 e. The van der Waals surface area contributed by atoms with E-state index in [1.54, 1.807) is 12.1 Å². The minimum Gasteiger partial charge on any atom is -0.492 e. The second-order valence-electron chi connectivity index (χ2n) is 3.89.